The molecule has 0 radical (unpaired) electrons. The van der Waals surface area contributed by atoms with Gasteiger partial charge in [-0.3, -0.25) is 0 Å². The van der Waals surface area contributed by atoms with Crippen molar-refractivity contribution < 1.29 is 0 Å². The van der Waals surface area contributed by atoms with Gasteiger partial charge in [-0.2, -0.15) is 10.5 Å². The van der Waals surface area contributed by atoms with Gasteiger partial charge in [-0.15, -0.1) is 0 Å². The maximum Gasteiger partial charge on any atom is 0.104 e. The molecule has 9 aromatic carbocycles. The van der Waals surface area contributed by atoms with Crippen LogP contribution in [0.1, 0.15) is 67.6 Å². The summed E-state index contributed by atoms with van der Waals surface area (Å²) in [5.41, 5.74) is 15.8. The summed E-state index contributed by atoms with van der Waals surface area (Å²) in [4.78, 5) is 2.48. The van der Waals surface area contributed by atoms with Crippen LogP contribution in [0.25, 0.3) is 105 Å². The summed E-state index contributed by atoms with van der Waals surface area (Å²) in [6.45, 7) is 9.07. The number of anilines is 1. The summed E-state index contributed by atoms with van der Waals surface area (Å²) in [5, 5.41) is 32.3. The van der Waals surface area contributed by atoms with Crippen molar-refractivity contribution in [2.24, 2.45) is 0 Å². The molecular weight excluding hydrogens is 915 g/mol. The van der Waals surface area contributed by atoms with E-state index in [-0.39, 0.29) is 0 Å². The van der Waals surface area contributed by atoms with E-state index in [4.69, 9.17) is 0 Å². The molecule has 0 bridgehead atoms. The van der Waals surface area contributed by atoms with Crippen molar-refractivity contribution in [3.05, 3.63) is 228 Å². The summed E-state index contributed by atoms with van der Waals surface area (Å²) < 4.78 is 9.43. The molecule has 7 nitrogen and oxygen atoms in total. The Kier molecular flexibility index (Phi) is 8.89. The van der Waals surface area contributed by atoms with Gasteiger partial charge in [0.05, 0.1) is 66.6 Å². The number of benzene rings is 9. The fourth-order valence-electron chi connectivity index (χ4n) is 14.1. The maximum absolute atomic E-state index is 12.4. The lowest BCUT2D eigenvalue weighted by Crippen LogP contribution is -2.45. The molecule has 0 N–H and O–H groups in total. The van der Waals surface area contributed by atoms with Gasteiger partial charge >= 0.3 is 0 Å². The SMILES string of the molecule is CC1(C)c2c(C#N)c(-n3c4ccccc4c4cc5c(cc43)c3ccccc3n5-c3ccccc3)c(C#N)c(-n3c4c(c5cc6c(cc53)c3ccccc3n6-c3ccccc3)CCC=C4)c2C(C)(C)N1c1ccccc1. The van der Waals surface area contributed by atoms with E-state index in [1.165, 1.54) is 5.56 Å². The lowest BCUT2D eigenvalue weighted by Gasteiger charge is -2.43. The third kappa shape index (κ3) is 5.67. The second-order valence-corrected chi connectivity index (χ2v) is 21.4. The van der Waals surface area contributed by atoms with Crippen molar-refractivity contribution in [3.63, 3.8) is 0 Å². The minimum Gasteiger partial charge on any atom is -0.353 e. The lowest BCUT2D eigenvalue weighted by atomic mass is 9.82. The quantitative estimate of drug-likeness (QED) is 0.173. The van der Waals surface area contributed by atoms with E-state index in [0.29, 0.717) is 16.8 Å². The highest BCUT2D eigenvalue weighted by Gasteiger charge is 2.54. The largest absolute Gasteiger partial charge is 0.353 e. The lowest BCUT2D eigenvalue weighted by molar-refractivity contribution is 0.402. The number of aryl methyl sites for hydroxylation is 1. The highest BCUT2D eigenvalue weighted by molar-refractivity contribution is 6.20. The van der Waals surface area contributed by atoms with Gasteiger partial charge in [-0.1, -0.05) is 115 Å². The molecule has 5 heterocycles. The van der Waals surface area contributed by atoms with Crippen LogP contribution in [-0.4, -0.2) is 18.3 Å². The van der Waals surface area contributed by atoms with Crippen LogP contribution in [0.15, 0.2) is 194 Å². The number of allylic oxidation sites excluding steroid dienone is 1. The Morgan fingerprint density at radius 3 is 1.31 bits per heavy atom. The first-order chi connectivity index (χ1) is 36.7. The zero-order chi connectivity index (χ0) is 50.5. The van der Waals surface area contributed by atoms with Crippen LogP contribution in [0.5, 0.6) is 0 Å². The number of fused-ring (bicyclic) bond motifs is 13. The zero-order valence-electron chi connectivity index (χ0n) is 42.1. The molecule has 356 valence electrons. The molecule has 2 aliphatic rings. The molecule has 4 aromatic heterocycles. The van der Waals surface area contributed by atoms with Crippen LogP contribution in [0.3, 0.4) is 0 Å². The van der Waals surface area contributed by atoms with Crippen molar-refractivity contribution in [1.82, 2.24) is 18.3 Å². The molecular formula is C68H49N7. The van der Waals surface area contributed by atoms with Crippen LogP contribution < -0.4 is 4.90 Å². The van der Waals surface area contributed by atoms with E-state index in [2.05, 4.69) is 263 Å². The van der Waals surface area contributed by atoms with E-state index < -0.39 is 11.1 Å². The van der Waals surface area contributed by atoms with Gasteiger partial charge in [-0.05, 0) is 131 Å². The van der Waals surface area contributed by atoms with Gasteiger partial charge in [0.2, 0.25) is 0 Å². The van der Waals surface area contributed by atoms with Crippen LogP contribution in [-0.2, 0) is 17.5 Å². The molecule has 0 saturated carbocycles. The normalized spacial score (nSPS) is 14.7. The highest BCUT2D eigenvalue weighted by Crippen LogP contribution is 2.58. The molecule has 1 aliphatic carbocycles. The topological polar surface area (TPSA) is 70.5 Å². The van der Waals surface area contributed by atoms with E-state index >= 15 is 0 Å². The molecule has 15 rings (SSSR count). The van der Waals surface area contributed by atoms with E-state index in [9.17, 15) is 10.5 Å². The fourth-order valence-corrected chi connectivity index (χ4v) is 14.1. The summed E-state index contributed by atoms with van der Waals surface area (Å²) in [6, 6.07) is 72.8. The van der Waals surface area contributed by atoms with Crippen molar-refractivity contribution >= 4 is 88.1 Å². The summed E-state index contributed by atoms with van der Waals surface area (Å²) in [7, 11) is 0. The van der Waals surface area contributed by atoms with Crippen molar-refractivity contribution in [2.75, 3.05) is 4.90 Å². The minimum atomic E-state index is -0.729. The van der Waals surface area contributed by atoms with Gasteiger partial charge in [0.15, 0.2) is 0 Å². The molecule has 0 atom stereocenters. The zero-order valence-corrected chi connectivity index (χ0v) is 42.1. The van der Waals surface area contributed by atoms with Gasteiger partial charge in [0.1, 0.15) is 17.7 Å². The van der Waals surface area contributed by atoms with Gasteiger partial charge < -0.3 is 23.2 Å². The van der Waals surface area contributed by atoms with Crippen LogP contribution in [0, 0.1) is 22.7 Å². The monoisotopic (exact) mass is 963 g/mol. The molecule has 0 fully saturated rings. The number of para-hydroxylation sites is 6. The highest BCUT2D eigenvalue weighted by atomic mass is 15.3. The third-order valence-electron chi connectivity index (χ3n) is 16.7. The first-order valence-electron chi connectivity index (χ1n) is 26.0. The predicted octanol–water partition coefficient (Wildman–Crippen LogP) is 16.6. The van der Waals surface area contributed by atoms with Gasteiger partial charge in [0.25, 0.3) is 0 Å². The van der Waals surface area contributed by atoms with Crippen molar-refractivity contribution in [2.45, 2.75) is 51.6 Å². The number of hydrogen-bond donors (Lipinski definition) is 0. The summed E-state index contributed by atoms with van der Waals surface area (Å²) in [5.74, 6) is 0. The molecule has 0 unspecified atom stereocenters. The number of nitriles is 2. The Hall–Kier alpha value is -9.56. The number of aromatic nitrogens is 4. The fraction of sp³-hybridized carbons (Fsp3) is 0.118. The predicted molar refractivity (Wildman–Crippen MR) is 308 cm³/mol. The standard InChI is InChI=1S/C68H49N7/c1-67(2)63-53(40-69)65(73-57-34-20-16-30-47(57)51-36-59-49(38-61(51)73)45-28-14-18-32-55(45)71(59)42-22-8-5-9-23-42)54(41-70)66(64(63)68(3,4)75(67)44-26-12-7-13-27-44)74-58-35-21-17-31-48(58)52-37-60-50(39-62(52)74)46-29-15-19-33-56(46)72(60)43-24-10-6-11-25-43/h5-16,18-30,32-39H,17,31H2,1-4H3. The van der Waals surface area contributed by atoms with Crippen molar-refractivity contribution in [3.8, 4) is 34.9 Å². The number of rotatable bonds is 5. The second kappa shape index (κ2) is 15.5. The van der Waals surface area contributed by atoms with Gasteiger partial charge in [0, 0.05) is 71.6 Å². The Bertz CT molecular complexity index is 4720. The summed E-state index contributed by atoms with van der Waals surface area (Å²) >= 11 is 0. The average molecular weight is 964 g/mol. The third-order valence-corrected chi connectivity index (χ3v) is 16.7. The molecule has 0 spiro atoms. The van der Waals surface area contributed by atoms with Crippen LogP contribution >= 0.6 is 0 Å². The Morgan fingerprint density at radius 1 is 0.387 bits per heavy atom. The van der Waals surface area contributed by atoms with E-state index in [1.807, 2.05) is 0 Å². The van der Waals surface area contributed by atoms with Gasteiger partial charge in [-0.25, -0.2) is 0 Å². The number of hydrogen-bond acceptors (Lipinski definition) is 3. The minimum absolute atomic E-state index is 0.462. The Labute approximate surface area is 433 Å². The Morgan fingerprint density at radius 2 is 0.800 bits per heavy atom. The Balaban J connectivity index is 1.14. The second-order valence-electron chi connectivity index (χ2n) is 21.4. The summed E-state index contributed by atoms with van der Waals surface area (Å²) in [6.07, 6.45) is 6.32. The molecule has 7 heteroatoms. The van der Waals surface area contributed by atoms with E-state index in [0.717, 1.165) is 129 Å². The van der Waals surface area contributed by atoms with Crippen LogP contribution in [0.2, 0.25) is 0 Å². The van der Waals surface area contributed by atoms with Crippen molar-refractivity contribution in [1.29, 1.82) is 10.5 Å². The molecule has 75 heavy (non-hydrogen) atoms. The average Bonchev–Trinajstić information content (AvgIpc) is 4.25. The maximum atomic E-state index is 12.4. The molecule has 1 aliphatic heterocycles. The number of nitrogens with zero attached hydrogens (tertiary/aromatic N) is 7. The smallest absolute Gasteiger partial charge is 0.104 e. The first kappa shape index (κ1) is 43.1. The van der Waals surface area contributed by atoms with E-state index in [1.54, 1.807) is 0 Å². The molecule has 0 amide bonds. The first-order valence-corrected chi connectivity index (χ1v) is 26.0. The molecule has 13 aromatic rings. The molecule has 0 saturated heterocycles. The van der Waals surface area contributed by atoms with Crippen LogP contribution in [0.4, 0.5) is 5.69 Å².